The van der Waals surface area contributed by atoms with Gasteiger partial charge < -0.3 is 4.84 Å². The van der Waals surface area contributed by atoms with Gasteiger partial charge in [0, 0.05) is 0 Å². The molecule has 0 unspecified atom stereocenters. The van der Waals surface area contributed by atoms with Gasteiger partial charge in [0.25, 0.3) is 0 Å². The molecule has 1 saturated carbocycles. The van der Waals surface area contributed by atoms with Gasteiger partial charge in [0.2, 0.25) is 11.1 Å². The zero-order valence-electron chi connectivity index (χ0n) is 9.66. The van der Waals surface area contributed by atoms with Crippen LogP contribution >= 0.6 is 11.6 Å². The molecule has 1 aromatic rings. The first-order valence-corrected chi connectivity index (χ1v) is 6.19. The molecular formula is C11H13ClFN3O2. The van der Waals surface area contributed by atoms with Crippen LogP contribution in [-0.2, 0) is 9.63 Å². The van der Waals surface area contributed by atoms with E-state index in [0.29, 0.717) is 0 Å². The molecule has 0 saturated heterocycles. The molecule has 98 valence electrons. The highest BCUT2D eigenvalue weighted by molar-refractivity contribution is 6.28. The second kappa shape index (κ2) is 5.95. The van der Waals surface area contributed by atoms with Crippen LogP contribution in [0.25, 0.3) is 0 Å². The summed E-state index contributed by atoms with van der Waals surface area (Å²) in [5.74, 6) is -1.47. The number of nitrogens with one attached hydrogen (secondary N) is 1. The number of carbonyl (C=O) groups excluding carboxylic acids is 1. The SMILES string of the molecule is O=C(ONc1nc(Cl)ncc1F)C1CCCCC1. The van der Waals surface area contributed by atoms with Gasteiger partial charge >= 0.3 is 5.97 Å². The fourth-order valence-electron chi connectivity index (χ4n) is 1.94. The van der Waals surface area contributed by atoms with Crippen LogP contribution in [0.3, 0.4) is 0 Å². The summed E-state index contributed by atoms with van der Waals surface area (Å²) in [6, 6.07) is 0. The summed E-state index contributed by atoms with van der Waals surface area (Å²) in [5.41, 5.74) is 2.19. The Balaban J connectivity index is 1.90. The molecular weight excluding hydrogens is 261 g/mol. The van der Waals surface area contributed by atoms with E-state index >= 15 is 0 Å². The molecule has 1 aliphatic carbocycles. The van der Waals surface area contributed by atoms with Gasteiger partial charge in [-0.1, -0.05) is 19.3 Å². The lowest BCUT2D eigenvalue weighted by molar-refractivity contribution is -0.146. The van der Waals surface area contributed by atoms with Crippen molar-refractivity contribution in [3.63, 3.8) is 0 Å². The lowest BCUT2D eigenvalue weighted by atomic mass is 9.89. The van der Waals surface area contributed by atoms with Crippen LogP contribution in [0.2, 0.25) is 5.28 Å². The third-order valence-corrected chi connectivity index (χ3v) is 3.08. The van der Waals surface area contributed by atoms with Crippen molar-refractivity contribution in [2.45, 2.75) is 32.1 Å². The van der Waals surface area contributed by atoms with Crippen molar-refractivity contribution in [2.24, 2.45) is 5.92 Å². The van der Waals surface area contributed by atoms with Crippen LogP contribution in [0.1, 0.15) is 32.1 Å². The highest BCUT2D eigenvalue weighted by Gasteiger charge is 2.23. The molecule has 1 aromatic heterocycles. The maximum absolute atomic E-state index is 13.2. The second-order valence-corrected chi connectivity index (χ2v) is 4.53. The van der Waals surface area contributed by atoms with Crippen molar-refractivity contribution < 1.29 is 14.0 Å². The van der Waals surface area contributed by atoms with Gasteiger partial charge in [-0.2, -0.15) is 10.5 Å². The van der Waals surface area contributed by atoms with E-state index in [1.54, 1.807) is 0 Å². The standard InChI is InChI=1S/C11H13ClFN3O2/c12-11-14-6-8(13)9(15-11)16-18-10(17)7-4-2-1-3-5-7/h6-7H,1-5H2,(H,14,15,16). The Labute approximate surface area is 109 Å². The third kappa shape index (κ3) is 3.29. The first-order valence-electron chi connectivity index (χ1n) is 5.81. The largest absolute Gasteiger partial charge is 0.342 e. The molecule has 5 nitrogen and oxygen atoms in total. The van der Waals surface area contributed by atoms with Crippen LogP contribution in [0.5, 0.6) is 0 Å². The van der Waals surface area contributed by atoms with E-state index in [1.807, 2.05) is 0 Å². The van der Waals surface area contributed by atoms with Crippen LogP contribution in [-0.4, -0.2) is 15.9 Å². The number of halogens is 2. The van der Waals surface area contributed by atoms with Crippen LogP contribution in [0, 0.1) is 11.7 Å². The Morgan fingerprint density at radius 2 is 2.17 bits per heavy atom. The Morgan fingerprint density at radius 3 is 2.89 bits per heavy atom. The monoisotopic (exact) mass is 273 g/mol. The Morgan fingerprint density at radius 1 is 1.44 bits per heavy atom. The third-order valence-electron chi connectivity index (χ3n) is 2.90. The van der Waals surface area contributed by atoms with E-state index in [0.717, 1.165) is 38.3 Å². The molecule has 0 aliphatic heterocycles. The van der Waals surface area contributed by atoms with E-state index in [2.05, 4.69) is 15.4 Å². The normalized spacial score (nSPS) is 16.3. The fraction of sp³-hybridized carbons (Fsp3) is 0.545. The number of carbonyl (C=O) groups is 1. The summed E-state index contributed by atoms with van der Waals surface area (Å²) in [6.07, 6.45) is 5.72. The predicted octanol–water partition coefficient (Wildman–Crippen LogP) is 2.72. The first kappa shape index (κ1) is 13.0. The zero-order chi connectivity index (χ0) is 13.0. The molecule has 2 rings (SSSR count). The molecule has 0 spiro atoms. The van der Waals surface area contributed by atoms with Crippen LogP contribution in [0.15, 0.2) is 6.20 Å². The number of rotatable bonds is 3. The summed E-state index contributed by atoms with van der Waals surface area (Å²) in [4.78, 5) is 23.5. The number of hydrogen-bond acceptors (Lipinski definition) is 5. The van der Waals surface area contributed by atoms with Gasteiger partial charge in [-0.25, -0.2) is 14.2 Å². The van der Waals surface area contributed by atoms with Crippen molar-refractivity contribution >= 4 is 23.4 Å². The smallest absolute Gasteiger partial charge is 0.335 e. The van der Waals surface area contributed by atoms with E-state index in [4.69, 9.17) is 16.4 Å². The van der Waals surface area contributed by atoms with Gasteiger partial charge in [-0.15, -0.1) is 0 Å². The number of anilines is 1. The van der Waals surface area contributed by atoms with Crippen molar-refractivity contribution in [1.82, 2.24) is 9.97 Å². The highest BCUT2D eigenvalue weighted by atomic mass is 35.5. The fourth-order valence-corrected chi connectivity index (χ4v) is 2.07. The highest BCUT2D eigenvalue weighted by Crippen LogP contribution is 2.24. The minimum Gasteiger partial charge on any atom is -0.342 e. The van der Waals surface area contributed by atoms with Crippen LogP contribution in [0.4, 0.5) is 10.2 Å². The molecule has 1 heterocycles. The van der Waals surface area contributed by atoms with Crippen LogP contribution < -0.4 is 5.48 Å². The lowest BCUT2D eigenvalue weighted by Crippen LogP contribution is -2.23. The molecule has 0 radical (unpaired) electrons. The Hall–Kier alpha value is -1.43. The zero-order valence-corrected chi connectivity index (χ0v) is 10.4. The van der Waals surface area contributed by atoms with Crippen molar-refractivity contribution in [3.8, 4) is 0 Å². The Kier molecular flexibility index (Phi) is 4.30. The van der Waals surface area contributed by atoms with E-state index < -0.39 is 5.82 Å². The number of aromatic nitrogens is 2. The average Bonchev–Trinajstić information content (AvgIpc) is 2.40. The molecule has 0 atom stereocenters. The first-order chi connectivity index (χ1) is 8.66. The minimum atomic E-state index is -0.726. The topological polar surface area (TPSA) is 64.1 Å². The summed E-state index contributed by atoms with van der Waals surface area (Å²) in [5, 5.41) is -0.118. The van der Waals surface area contributed by atoms with Gasteiger partial charge in [0.05, 0.1) is 12.1 Å². The van der Waals surface area contributed by atoms with E-state index in [9.17, 15) is 9.18 Å². The molecule has 0 bridgehead atoms. The van der Waals surface area contributed by atoms with Gasteiger partial charge in [-0.05, 0) is 24.4 Å². The summed E-state index contributed by atoms with van der Waals surface area (Å²) in [7, 11) is 0. The van der Waals surface area contributed by atoms with Gasteiger partial charge in [0.1, 0.15) is 0 Å². The molecule has 1 fully saturated rings. The number of hydrogen-bond donors (Lipinski definition) is 1. The minimum absolute atomic E-state index is 0.118. The van der Waals surface area contributed by atoms with Crippen molar-refractivity contribution in [1.29, 1.82) is 0 Å². The van der Waals surface area contributed by atoms with Gasteiger partial charge in [0.15, 0.2) is 5.82 Å². The van der Waals surface area contributed by atoms with E-state index in [1.165, 1.54) is 0 Å². The maximum atomic E-state index is 13.2. The summed E-state index contributed by atoms with van der Waals surface area (Å²) in [6.45, 7) is 0. The quantitative estimate of drug-likeness (QED) is 0.678. The predicted molar refractivity (Wildman–Crippen MR) is 63.3 cm³/mol. The molecule has 1 N–H and O–H groups in total. The van der Waals surface area contributed by atoms with Gasteiger partial charge in [-0.3, -0.25) is 0 Å². The molecule has 7 heteroatoms. The molecule has 1 aliphatic rings. The van der Waals surface area contributed by atoms with E-state index in [-0.39, 0.29) is 23.0 Å². The second-order valence-electron chi connectivity index (χ2n) is 4.19. The van der Waals surface area contributed by atoms with Crippen molar-refractivity contribution in [3.05, 3.63) is 17.3 Å². The number of nitrogens with zero attached hydrogens (tertiary/aromatic N) is 2. The Bertz CT molecular complexity index is 438. The molecule has 0 aromatic carbocycles. The average molecular weight is 274 g/mol. The summed E-state index contributed by atoms with van der Waals surface area (Å²) < 4.78 is 13.2. The summed E-state index contributed by atoms with van der Waals surface area (Å²) >= 11 is 5.51. The molecule has 0 amide bonds. The maximum Gasteiger partial charge on any atom is 0.335 e. The van der Waals surface area contributed by atoms with Crippen molar-refractivity contribution in [2.75, 3.05) is 5.48 Å². The lowest BCUT2D eigenvalue weighted by Gasteiger charge is -2.19. The molecule has 18 heavy (non-hydrogen) atoms.